The molecule has 23 heavy (non-hydrogen) atoms. The van der Waals surface area contributed by atoms with Gasteiger partial charge in [0.05, 0.1) is 11.8 Å². The molecule has 6 nitrogen and oxygen atoms in total. The van der Waals surface area contributed by atoms with Crippen LogP contribution in [-0.4, -0.2) is 18.4 Å². The third-order valence-electron chi connectivity index (χ3n) is 3.86. The summed E-state index contributed by atoms with van der Waals surface area (Å²) >= 11 is 0. The van der Waals surface area contributed by atoms with Crippen LogP contribution in [0.1, 0.15) is 33.7 Å². The summed E-state index contributed by atoms with van der Waals surface area (Å²) in [5.74, 6) is 0.297. The van der Waals surface area contributed by atoms with Gasteiger partial charge in [0.2, 0.25) is 0 Å². The predicted octanol–water partition coefficient (Wildman–Crippen LogP) is 1.92. The molecule has 0 radical (unpaired) electrons. The number of benzene rings is 1. The highest BCUT2D eigenvalue weighted by Crippen LogP contribution is 2.25. The van der Waals surface area contributed by atoms with Crippen LogP contribution in [0, 0.1) is 6.92 Å². The molecule has 1 aliphatic carbocycles. The topological polar surface area (TPSA) is 80.6 Å². The SMILES string of the molecule is Cc1occc1C(=O)NNC(=O)COc1ccc2c(c1)CCC2. The molecule has 0 spiro atoms. The fraction of sp³-hybridized carbons (Fsp3) is 0.294. The number of fused-ring (bicyclic) bond motifs is 1. The summed E-state index contributed by atoms with van der Waals surface area (Å²) in [6.07, 6.45) is 4.75. The molecule has 0 atom stereocenters. The first-order chi connectivity index (χ1) is 11.1. The standard InChI is InChI=1S/C17H18N2O4/c1-11-15(7-8-22-11)17(21)19-18-16(20)10-23-14-6-5-12-3-2-4-13(12)9-14/h5-9H,2-4,10H2,1H3,(H,18,20)(H,19,21). The van der Waals surface area contributed by atoms with Gasteiger partial charge in [0, 0.05) is 0 Å². The molecular weight excluding hydrogens is 296 g/mol. The molecule has 2 amide bonds. The molecule has 2 aromatic rings. The van der Waals surface area contributed by atoms with E-state index < -0.39 is 11.8 Å². The van der Waals surface area contributed by atoms with E-state index in [0.717, 1.165) is 12.8 Å². The van der Waals surface area contributed by atoms with Crippen molar-refractivity contribution < 1.29 is 18.7 Å². The molecule has 0 unspecified atom stereocenters. The number of hydrogen-bond acceptors (Lipinski definition) is 4. The van der Waals surface area contributed by atoms with Gasteiger partial charge in [-0.25, -0.2) is 0 Å². The Morgan fingerprint density at radius 1 is 1.17 bits per heavy atom. The highest BCUT2D eigenvalue weighted by molar-refractivity contribution is 5.96. The van der Waals surface area contributed by atoms with Crippen molar-refractivity contribution in [3.63, 3.8) is 0 Å². The fourth-order valence-electron chi connectivity index (χ4n) is 2.64. The Labute approximate surface area is 133 Å². The molecular formula is C17H18N2O4. The lowest BCUT2D eigenvalue weighted by Crippen LogP contribution is -2.43. The van der Waals surface area contributed by atoms with E-state index in [4.69, 9.17) is 9.15 Å². The molecule has 3 rings (SSSR count). The number of furan rings is 1. The number of hydrazine groups is 1. The van der Waals surface area contributed by atoms with E-state index in [1.165, 1.54) is 29.9 Å². The minimum absolute atomic E-state index is 0.163. The molecule has 1 aliphatic rings. The van der Waals surface area contributed by atoms with Crippen LogP contribution in [0.2, 0.25) is 0 Å². The Balaban J connectivity index is 1.46. The smallest absolute Gasteiger partial charge is 0.276 e. The Kier molecular flexibility index (Phi) is 4.32. The average molecular weight is 314 g/mol. The number of rotatable bonds is 4. The maximum absolute atomic E-state index is 11.8. The van der Waals surface area contributed by atoms with Crippen LogP contribution in [0.25, 0.3) is 0 Å². The summed E-state index contributed by atoms with van der Waals surface area (Å²) in [6.45, 7) is 1.51. The molecule has 1 aromatic heterocycles. The number of hydrogen-bond donors (Lipinski definition) is 2. The zero-order chi connectivity index (χ0) is 16.2. The molecule has 0 fully saturated rings. The maximum atomic E-state index is 11.8. The normalized spacial score (nSPS) is 12.6. The molecule has 0 saturated heterocycles. The van der Waals surface area contributed by atoms with Crippen LogP contribution in [0.4, 0.5) is 0 Å². The van der Waals surface area contributed by atoms with E-state index in [9.17, 15) is 9.59 Å². The predicted molar refractivity (Wildman–Crippen MR) is 83.0 cm³/mol. The molecule has 1 heterocycles. The van der Waals surface area contributed by atoms with Crippen LogP contribution >= 0.6 is 0 Å². The average Bonchev–Trinajstić information content (AvgIpc) is 3.18. The van der Waals surface area contributed by atoms with E-state index in [-0.39, 0.29) is 6.61 Å². The second-order valence-electron chi connectivity index (χ2n) is 5.47. The molecule has 6 heteroatoms. The van der Waals surface area contributed by atoms with Crippen molar-refractivity contribution in [2.24, 2.45) is 0 Å². The van der Waals surface area contributed by atoms with Crippen molar-refractivity contribution in [1.82, 2.24) is 10.9 Å². The molecule has 120 valence electrons. The van der Waals surface area contributed by atoms with Gasteiger partial charge < -0.3 is 9.15 Å². The second-order valence-corrected chi connectivity index (χ2v) is 5.47. The molecule has 0 bridgehead atoms. The van der Waals surface area contributed by atoms with Crippen LogP contribution < -0.4 is 15.6 Å². The Hall–Kier alpha value is -2.76. The second kappa shape index (κ2) is 6.56. The zero-order valence-corrected chi connectivity index (χ0v) is 12.8. The lowest BCUT2D eigenvalue weighted by molar-refractivity contribution is -0.123. The largest absolute Gasteiger partial charge is 0.484 e. The summed E-state index contributed by atoms with van der Waals surface area (Å²) in [4.78, 5) is 23.5. The van der Waals surface area contributed by atoms with Gasteiger partial charge in [-0.15, -0.1) is 0 Å². The minimum atomic E-state index is -0.431. The lowest BCUT2D eigenvalue weighted by Gasteiger charge is -2.09. The van der Waals surface area contributed by atoms with E-state index in [2.05, 4.69) is 10.9 Å². The van der Waals surface area contributed by atoms with Gasteiger partial charge in [0.25, 0.3) is 11.8 Å². The van der Waals surface area contributed by atoms with Crippen molar-refractivity contribution in [2.45, 2.75) is 26.2 Å². The van der Waals surface area contributed by atoms with Gasteiger partial charge >= 0.3 is 0 Å². The number of nitrogens with one attached hydrogen (secondary N) is 2. The summed E-state index contributed by atoms with van der Waals surface area (Å²) in [6, 6.07) is 7.42. The zero-order valence-electron chi connectivity index (χ0n) is 12.8. The fourth-order valence-corrected chi connectivity index (χ4v) is 2.64. The van der Waals surface area contributed by atoms with Gasteiger partial charge in [0.1, 0.15) is 11.5 Å². The lowest BCUT2D eigenvalue weighted by atomic mass is 10.1. The first kappa shape index (κ1) is 15.1. The van der Waals surface area contributed by atoms with Crippen molar-refractivity contribution in [1.29, 1.82) is 0 Å². The number of aryl methyl sites for hydroxylation is 3. The first-order valence-electron chi connectivity index (χ1n) is 7.51. The highest BCUT2D eigenvalue weighted by Gasteiger charge is 2.13. The summed E-state index contributed by atoms with van der Waals surface area (Å²) < 4.78 is 10.5. The van der Waals surface area contributed by atoms with Crippen LogP contribution in [0.5, 0.6) is 5.75 Å². The van der Waals surface area contributed by atoms with Gasteiger partial charge in [-0.2, -0.15) is 0 Å². The number of amides is 2. The number of carbonyl (C=O) groups excluding carboxylic acids is 2. The van der Waals surface area contributed by atoms with Crippen LogP contribution in [0.15, 0.2) is 34.9 Å². The van der Waals surface area contributed by atoms with Gasteiger partial charge in [-0.05, 0) is 55.5 Å². The Morgan fingerprint density at radius 2 is 2.00 bits per heavy atom. The third-order valence-corrected chi connectivity index (χ3v) is 3.86. The van der Waals surface area contributed by atoms with Gasteiger partial charge in [0.15, 0.2) is 6.61 Å². The van der Waals surface area contributed by atoms with Crippen LogP contribution in [0.3, 0.4) is 0 Å². The summed E-state index contributed by atoms with van der Waals surface area (Å²) in [5, 5.41) is 0. The Morgan fingerprint density at radius 3 is 2.78 bits per heavy atom. The monoisotopic (exact) mass is 314 g/mol. The molecule has 0 saturated carbocycles. The van der Waals surface area contributed by atoms with E-state index in [1.54, 1.807) is 6.92 Å². The Bertz CT molecular complexity index is 736. The van der Waals surface area contributed by atoms with Crippen molar-refractivity contribution >= 4 is 11.8 Å². The van der Waals surface area contributed by atoms with Crippen molar-refractivity contribution in [2.75, 3.05) is 6.61 Å². The molecule has 2 N–H and O–H groups in total. The minimum Gasteiger partial charge on any atom is -0.484 e. The van der Waals surface area contributed by atoms with Crippen molar-refractivity contribution in [3.8, 4) is 5.75 Å². The maximum Gasteiger partial charge on any atom is 0.276 e. The first-order valence-corrected chi connectivity index (χ1v) is 7.51. The molecule has 0 aliphatic heterocycles. The third kappa shape index (κ3) is 3.53. The van der Waals surface area contributed by atoms with E-state index in [1.807, 2.05) is 18.2 Å². The van der Waals surface area contributed by atoms with Crippen molar-refractivity contribution in [3.05, 3.63) is 53.0 Å². The molecule has 1 aromatic carbocycles. The summed E-state index contributed by atoms with van der Waals surface area (Å²) in [5.41, 5.74) is 7.66. The van der Waals surface area contributed by atoms with E-state index >= 15 is 0 Å². The van der Waals surface area contributed by atoms with Gasteiger partial charge in [-0.1, -0.05) is 6.07 Å². The summed E-state index contributed by atoms with van der Waals surface area (Å²) in [7, 11) is 0. The number of ether oxygens (including phenoxy) is 1. The van der Waals surface area contributed by atoms with Crippen LogP contribution in [-0.2, 0) is 17.6 Å². The van der Waals surface area contributed by atoms with E-state index in [0.29, 0.717) is 17.1 Å². The quantitative estimate of drug-likeness (QED) is 0.845. The van der Waals surface area contributed by atoms with Gasteiger partial charge in [-0.3, -0.25) is 20.4 Å². The number of carbonyl (C=O) groups is 2. The highest BCUT2D eigenvalue weighted by atomic mass is 16.5.